The Hall–Kier alpha value is -1.06. The second kappa shape index (κ2) is 4.74. The van der Waals surface area contributed by atoms with Crippen LogP contribution in [0.4, 0.5) is 0 Å². The van der Waals surface area contributed by atoms with E-state index in [4.69, 9.17) is 0 Å². The first kappa shape index (κ1) is 15.3. The quantitative estimate of drug-likeness (QED) is 0.861. The monoisotopic (exact) mass is 280 g/mol. The van der Waals surface area contributed by atoms with E-state index >= 15 is 0 Å². The molecule has 2 rings (SSSR count). The van der Waals surface area contributed by atoms with E-state index < -0.39 is 11.6 Å². The fourth-order valence-corrected chi connectivity index (χ4v) is 3.13. The highest BCUT2D eigenvalue weighted by Gasteiger charge is 2.58. The molecular formula is C16H28N2O2. The zero-order valence-corrected chi connectivity index (χ0v) is 13.6. The number of piperazine rings is 1. The van der Waals surface area contributed by atoms with Crippen LogP contribution in [0.3, 0.4) is 0 Å². The van der Waals surface area contributed by atoms with Gasteiger partial charge in [-0.05, 0) is 37.0 Å². The standard InChI is InChI=1S/C16H28N2O2/c1-10(2)9-18-13(19)12(15(3,4)5)17-14(20)16(18,6)11-7-8-11/h10-12H,7-9H2,1-6H3,(H,17,20). The van der Waals surface area contributed by atoms with E-state index in [9.17, 15) is 9.59 Å². The molecule has 4 nitrogen and oxygen atoms in total. The Labute approximate surface area is 122 Å². The van der Waals surface area contributed by atoms with Crippen molar-refractivity contribution in [3.05, 3.63) is 0 Å². The van der Waals surface area contributed by atoms with Crippen LogP contribution in [0.1, 0.15) is 54.4 Å². The summed E-state index contributed by atoms with van der Waals surface area (Å²) in [7, 11) is 0. The first-order valence-corrected chi connectivity index (χ1v) is 7.71. The van der Waals surface area contributed by atoms with Crippen molar-refractivity contribution in [2.24, 2.45) is 17.3 Å². The molecule has 0 aromatic heterocycles. The number of carbonyl (C=O) groups is 2. The number of hydrogen-bond acceptors (Lipinski definition) is 2. The molecule has 2 aliphatic rings. The Morgan fingerprint density at radius 2 is 1.85 bits per heavy atom. The van der Waals surface area contributed by atoms with Crippen LogP contribution in [0.25, 0.3) is 0 Å². The first-order valence-electron chi connectivity index (χ1n) is 7.71. The molecule has 1 saturated carbocycles. The van der Waals surface area contributed by atoms with Crippen molar-refractivity contribution in [1.82, 2.24) is 10.2 Å². The largest absolute Gasteiger partial charge is 0.342 e. The highest BCUT2D eigenvalue weighted by Crippen LogP contribution is 2.46. The lowest BCUT2D eigenvalue weighted by Crippen LogP contribution is -2.73. The summed E-state index contributed by atoms with van der Waals surface area (Å²) in [5, 5.41) is 2.99. The minimum Gasteiger partial charge on any atom is -0.342 e. The van der Waals surface area contributed by atoms with Crippen molar-refractivity contribution in [1.29, 1.82) is 0 Å². The second-order valence-electron chi connectivity index (χ2n) is 8.04. The Kier molecular flexibility index (Phi) is 3.64. The van der Waals surface area contributed by atoms with Gasteiger partial charge < -0.3 is 10.2 Å². The molecule has 114 valence electrons. The van der Waals surface area contributed by atoms with Crippen molar-refractivity contribution in [2.45, 2.75) is 66.0 Å². The highest BCUT2D eigenvalue weighted by atomic mass is 16.2. The van der Waals surface area contributed by atoms with Gasteiger partial charge in [0.05, 0.1) is 0 Å². The summed E-state index contributed by atoms with van der Waals surface area (Å²) >= 11 is 0. The smallest absolute Gasteiger partial charge is 0.246 e. The van der Waals surface area contributed by atoms with Crippen molar-refractivity contribution in [3.63, 3.8) is 0 Å². The maximum Gasteiger partial charge on any atom is 0.246 e. The third-order valence-electron chi connectivity index (χ3n) is 4.59. The Morgan fingerprint density at radius 1 is 1.30 bits per heavy atom. The maximum absolute atomic E-state index is 12.9. The number of rotatable bonds is 3. The highest BCUT2D eigenvalue weighted by molar-refractivity contribution is 6.00. The zero-order chi connectivity index (χ0) is 15.3. The third kappa shape index (κ3) is 2.45. The van der Waals surface area contributed by atoms with Crippen LogP contribution in [0.15, 0.2) is 0 Å². The second-order valence-corrected chi connectivity index (χ2v) is 8.04. The average Bonchev–Trinajstić information content (AvgIpc) is 3.11. The molecule has 1 N–H and O–H groups in total. The molecular weight excluding hydrogens is 252 g/mol. The van der Waals surface area contributed by atoms with Gasteiger partial charge in [0.15, 0.2) is 0 Å². The molecule has 0 spiro atoms. The van der Waals surface area contributed by atoms with Crippen molar-refractivity contribution in [2.75, 3.05) is 6.54 Å². The van der Waals surface area contributed by atoms with Gasteiger partial charge in [-0.25, -0.2) is 0 Å². The van der Waals surface area contributed by atoms with Gasteiger partial charge in [-0.2, -0.15) is 0 Å². The van der Waals surface area contributed by atoms with Crippen LogP contribution in [-0.4, -0.2) is 34.8 Å². The van der Waals surface area contributed by atoms with Crippen LogP contribution in [0.5, 0.6) is 0 Å². The summed E-state index contributed by atoms with van der Waals surface area (Å²) in [4.78, 5) is 27.5. The van der Waals surface area contributed by atoms with Gasteiger partial charge in [-0.1, -0.05) is 34.6 Å². The van der Waals surface area contributed by atoms with Gasteiger partial charge in [-0.3, -0.25) is 9.59 Å². The predicted molar refractivity (Wildman–Crippen MR) is 79.1 cm³/mol. The number of carbonyl (C=O) groups excluding carboxylic acids is 2. The van der Waals surface area contributed by atoms with E-state index in [1.165, 1.54) is 0 Å². The lowest BCUT2D eigenvalue weighted by molar-refractivity contribution is -0.162. The topological polar surface area (TPSA) is 49.4 Å². The van der Waals surface area contributed by atoms with Gasteiger partial charge in [0, 0.05) is 6.54 Å². The Balaban J connectivity index is 2.36. The fraction of sp³-hybridized carbons (Fsp3) is 0.875. The van der Waals surface area contributed by atoms with Crippen LogP contribution >= 0.6 is 0 Å². The molecule has 1 saturated heterocycles. The molecule has 2 atom stereocenters. The molecule has 0 aromatic carbocycles. The minimum atomic E-state index is -0.650. The molecule has 2 unspecified atom stereocenters. The summed E-state index contributed by atoms with van der Waals surface area (Å²) in [5.41, 5.74) is -0.907. The van der Waals surface area contributed by atoms with Crippen LogP contribution in [0.2, 0.25) is 0 Å². The van der Waals surface area contributed by atoms with E-state index in [1.54, 1.807) is 0 Å². The molecule has 0 aromatic rings. The normalized spacial score (nSPS) is 31.8. The molecule has 1 aliphatic carbocycles. The van der Waals surface area contributed by atoms with E-state index in [0.717, 1.165) is 12.8 Å². The maximum atomic E-state index is 12.9. The SMILES string of the molecule is CC(C)CN1C(=O)C(C(C)(C)C)NC(=O)C1(C)C1CC1. The lowest BCUT2D eigenvalue weighted by atomic mass is 9.79. The van der Waals surface area contributed by atoms with Crippen molar-refractivity contribution in [3.8, 4) is 0 Å². The summed E-state index contributed by atoms with van der Waals surface area (Å²) in [6, 6.07) is -0.416. The first-order chi connectivity index (χ1) is 9.08. The lowest BCUT2D eigenvalue weighted by Gasteiger charge is -2.50. The van der Waals surface area contributed by atoms with Gasteiger partial charge in [0.1, 0.15) is 11.6 Å². The molecule has 0 radical (unpaired) electrons. The summed E-state index contributed by atoms with van der Waals surface area (Å²) < 4.78 is 0. The fourth-order valence-electron chi connectivity index (χ4n) is 3.13. The molecule has 1 heterocycles. The summed E-state index contributed by atoms with van der Waals surface area (Å²) in [6.45, 7) is 12.8. The third-order valence-corrected chi connectivity index (χ3v) is 4.59. The number of amides is 2. The molecule has 0 bridgehead atoms. The van der Waals surface area contributed by atoms with Crippen LogP contribution < -0.4 is 5.32 Å². The zero-order valence-electron chi connectivity index (χ0n) is 13.6. The van der Waals surface area contributed by atoms with E-state index in [0.29, 0.717) is 18.4 Å². The minimum absolute atomic E-state index is 0.0279. The van der Waals surface area contributed by atoms with Crippen molar-refractivity contribution < 1.29 is 9.59 Å². The van der Waals surface area contributed by atoms with Gasteiger partial charge >= 0.3 is 0 Å². The molecule has 2 amide bonds. The molecule has 20 heavy (non-hydrogen) atoms. The molecule has 2 fully saturated rings. The van der Waals surface area contributed by atoms with Gasteiger partial charge in [-0.15, -0.1) is 0 Å². The average molecular weight is 280 g/mol. The number of nitrogens with zero attached hydrogens (tertiary/aromatic N) is 1. The van der Waals surface area contributed by atoms with Gasteiger partial charge in [0.25, 0.3) is 0 Å². The van der Waals surface area contributed by atoms with Crippen molar-refractivity contribution >= 4 is 11.8 Å². The number of nitrogens with one attached hydrogen (secondary N) is 1. The summed E-state index contributed by atoms with van der Waals surface area (Å²) in [5.74, 6) is 0.801. The van der Waals surface area contributed by atoms with E-state index in [2.05, 4.69) is 19.2 Å². The summed E-state index contributed by atoms with van der Waals surface area (Å²) in [6.07, 6.45) is 2.10. The van der Waals surface area contributed by atoms with E-state index in [-0.39, 0.29) is 17.2 Å². The molecule has 1 aliphatic heterocycles. The molecule has 4 heteroatoms. The van der Waals surface area contributed by atoms with E-state index in [1.807, 2.05) is 32.6 Å². The Bertz CT molecular complexity index is 421. The van der Waals surface area contributed by atoms with Crippen LogP contribution in [0, 0.1) is 17.3 Å². The number of hydrogen-bond donors (Lipinski definition) is 1. The van der Waals surface area contributed by atoms with Crippen LogP contribution in [-0.2, 0) is 9.59 Å². The van der Waals surface area contributed by atoms with Gasteiger partial charge in [0.2, 0.25) is 11.8 Å². The Morgan fingerprint density at radius 3 is 2.25 bits per heavy atom. The predicted octanol–water partition coefficient (Wildman–Crippen LogP) is 2.18.